The van der Waals surface area contributed by atoms with Crippen molar-refractivity contribution < 1.29 is 4.79 Å². The Balaban J connectivity index is 1.60. The van der Waals surface area contributed by atoms with E-state index in [1.165, 1.54) is 18.4 Å². The summed E-state index contributed by atoms with van der Waals surface area (Å²) in [5.41, 5.74) is 2.82. The van der Waals surface area contributed by atoms with Crippen LogP contribution in [0, 0.1) is 5.41 Å². The molecule has 1 amide bonds. The number of amides is 1. The Morgan fingerprint density at radius 3 is 2.14 bits per heavy atom. The second-order valence-corrected chi connectivity index (χ2v) is 7.81. The van der Waals surface area contributed by atoms with E-state index in [0.29, 0.717) is 17.9 Å². The molecule has 1 fully saturated rings. The maximum Gasteiger partial charge on any atom is 0.241 e. The monoisotopic (exact) mass is 378 g/mol. The maximum absolute atomic E-state index is 12.0. The molecule has 0 radical (unpaired) electrons. The molecule has 0 atom stereocenters. The van der Waals surface area contributed by atoms with Crippen LogP contribution in [0.25, 0.3) is 0 Å². The van der Waals surface area contributed by atoms with E-state index in [-0.39, 0.29) is 12.5 Å². The van der Waals surface area contributed by atoms with Gasteiger partial charge in [0.25, 0.3) is 0 Å². The molecule has 5 heteroatoms. The minimum absolute atomic E-state index is 0.0274. The van der Waals surface area contributed by atoms with E-state index in [0.717, 1.165) is 18.5 Å². The molecule has 3 rings (SSSR count). The second-order valence-electron chi connectivity index (χ2n) is 7.81. The molecule has 1 saturated carbocycles. The van der Waals surface area contributed by atoms with E-state index < -0.39 is 0 Å². The fraction of sp³-hybridized carbons (Fsp3) is 0.391. The molecule has 2 N–H and O–H groups in total. The topological polar surface area (TPSA) is 56.7 Å². The molecule has 5 nitrogen and oxygen atoms in total. The molecule has 1 aliphatic rings. The lowest BCUT2D eigenvalue weighted by atomic mass is 9.96. The molecule has 0 spiro atoms. The van der Waals surface area contributed by atoms with Gasteiger partial charge in [0, 0.05) is 20.6 Å². The van der Waals surface area contributed by atoms with Gasteiger partial charge < -0.3 is 15.5 Å². The number of nitrogens with one attached hydrogen (secondary N) is 2. The van der Waals surface area contributed by atoms with E-state index in [1.807, 2.05) is 18.2 Å². The zero-order chi connectivity index (χ0) is 19.8. The number of nitrogens with zero attached hydrogens (tertiary/aromatic N) is 2. The summed E-state index contributed by atoms with van der Waals surface area (Å²) in [7, 11) is 3.52. The minimum Gasteiger partial charge on any atom is -0.356 e. The molecule has 2 aromatic carbocycles. The SMILES string of the molecule is CN(C)C(=O)CNC(=NCc1ccccc1)NCC1(Cc2ccccc2)CC1. The Morgan fingerprint density at radius 1 is 0.964 bits per heavy atom. The Kier molecular flexibility index (Phi) is 6.69. The predicted octanol–water partition coefficient (Wildman–Crippen LogP) is 2.83. The molecule has 0 heterocycles. The Bertz CT molecular complexity index is 783. The smallest absolute Gasteiger partial charge is 0.241 e. The first-order valence-corrected chi connectivity index (χ1v) is 9.87. The van der Waals surface area contributed by atoms with Gasteiger partial charge in [0.1, 0.15) is 0 Å². The summed E-state index contributed by atoms with van der Waals surface area (Å²) in [5.74, 6) is 0.720. The van der Waals surface area contributed by atoms with E-state index in [1.54, 1.807) is 19.0 Å². The number of carbonyl (C=O) groups excluding carboxylic acids is 1. The Morgan fingerprint density at radius 2 is 1.57 bits per heavy atom. The number of hydrogen-bond donors (Lipinski definition) is 2. The van der Waals surface area contributed by atoms with Gasteiger partial charge in [-0.3, -0.25) is 4.79 Å². The molecule has 0 aromatic heterocycles. The number of hydrogen-bond acceptors (Lipinski definition) is 2. The molecule has 0 bridgehead atoms. The van der Waals surface area contributed by atoms with Crippen molar-refractivity contribution in [1.29, 1.82) is 0 Å². The quantitative estimate of drug-likeness (QED) is 0.549. The highest BCUT2D eigenvalue weighted by molar-refractivity contribution is 5.86. The van der Waals surface area contributed by atoms with Crippen LogP contribution in [0.4, 0.5) is 0 Å². The lowest BCUT2D eigenvalue weighted by Crippen LogP contribution is -2.44. The fourth-order valence-corrected chi connectivity index (χ4v) is 3.14. The fourth-order valence-electron chi connectivity index (χ4n) is 3.14. The van der Waals surface area contributed by atoms with Crippen molar-refractivity contribution in [3.05, 3.63) is 71.8 Å². The Labute approximate surface area is 167 Å². The van der Waals surface area contributed by atoms with Gasteiger partial charge in [-0.25, -0.2) is 4.99 Å². The normalized spacial score (nSPS) is 15.0. The van der Waals surface area contributed by atoms with Crippen molar-refractivity contribution in [3.63, 3.8) is 0 Å². The highest BCUT2D eigenvalue weighted by Gasteiger charge is 2.42. The van der Waals surface area contributed by atoms with Crippen LogP contribution in [0.2, 0.25) is 0 Å². The highest BCUT2D eigenvalue weighted by Crippen LogP contribution is 2.47. The molecule has 1 aliphatic carbocycles. The zero-order valence-corrected chi connectivity index (χ0v) is 16.8. The molecular formula is C23H30N4O. The molecule has 148 valence electrons. The first-order chi connectivity index (χ1) is 13.6. The summed E-state index contributed by atoms with van der Waals surface area (Å²) in [5, 5.41) is 6.66. The Hall–Kier alpha value is -2.82. The van der Waals surface area contributed by atoms with Crippen molar-refractivity contribution in [3.8, 4) is 0 Å². The van der Waals surface area contributed by atoms with Crippen molar-refractivity contribution in [2.45, 2.75) is 25.8 Å². The second kappa shape index (κ2) is 9.40. The number of rotatable bonds is 8. The van der Waals surface area contributed by atoms with Gasteiger partial charge in [-0.05, 0) is 35.8 Å². The number of carbonyl (C=O) groups is 1. The standard InChI is InChI=1S/C23H30N4O/c1-27(2)21(28)17-25-22(24-16-20-11-7-4-8-12-20)26-18-23(13-14-23)15-19-9-5-3-6-10-19/h3-12H,13-18H2,1-2H3,(H2,24,25,26). The van der Waals surface area contributed by atoms with Gasteiger partial charge >= 0.3 is 0 Å². The van der Waals surface area contributed by atoms with Crippen LogP contribution in [0.3, 0.4) is 0 Å². The van der Waals surface area contributed by atoms with Crippen LogP contribution in [0.15, 0.2) is 65.7 Å². The summed E-state index contributed by atoms with van der Waals surface area (Å²) in [6.45, 7) is 1.68. The van der Waals surface area contributed by atoms with Gasteiger partial charge in [0.05, 0.1) is 13.1 Å². The van der Waals surface area contributed by atoms with Crippen molar-refractivity contribution in [1.82, 2.24) is 15.5 Å². The predicted molar refractivity (Wildman–Crippen MR) is 114 cm³/mol. The van der Waals surface area contributed by atoms with Gasteiger partial charge in [-0.15, -0.1) is 0 Å². The molecule has 2 aromatic rings. The number of guanidine groups is 1. The van der Waals surface area contributed by atoms with Gasteiger partial charge in [0.2, 0.25) is 5.91 Å². The summed E-state index contributed by atoms with van der Waals surface area (Å²) in [6.07, 6.45) is 3.51. The molecule has 0 saturated heterocycles. The number of benzene rings is 2. The van der Waals surface area contributed by atoms with Crippen molar-refractivity contribution in [2.75, 3.05) is 27.2 Å². The van der Waals surface area contributed by atoms with E-state index >= 15 is 0 Å². The van der Waals surface area contributed by atoms with Crippen LogP contribution in [-0.2, 0) is 17.8 Å². The van der Waals surface area contributed by atoms with E-state index in [4.69, 9.17) is 0 Å². The third kappa shape index (κ3) is 6.12. The third-order valence-corrected chi connectivity index (χ3v) is 5.18. The van der Waals surface area contributed by atoms with Crippen LogP contribution < -0.4 is 10.6 Å². The average molecular weight is 379 g/mol. The van der Waals surface area contributed by atoms with Crippen molar-refractivity contribution >= 4 is 11.9 Å². The van der Waals surface area contributed by atoms with Crippen LogP contribution in [-0.4, -0.2) is 44.0 Å². The zero-order valence-electron chi connectivity index (χ0n) is 16.8. The largest absolute Gasteiger partial charge is 0.356 e. The summed E-state index contributed by atoms with van der Waals surface area (Å²) < 4.78 is 0. The minimum atomic E-state index is 0.0274. The van der Waals surface area contributed by atoms with Crippen LogP contribution >= 0.6 is 0 Å². The molecule has 28 heavy (non-hydrogen) atoms. The average Bonchev–Trinajstić information content (AvgIpc) is 3.48. The first-order valence-electron chi connectivity index (χ1n) is 9.87. The summed E-state index contributed by atoms with van der Waals surface area (Å²) >= 11 is 0. The van der Waals surface area contributed by atoms with E-state index in [9.17, 15) is 4.79 Å². The molecule has 0 aliphatic heterocycles. The van der Waals surface area contributed by atoms with Crippen LogP contribution in [0.1, 0.15) is 24.0 Å². The molecule has 0 unspecified atom stereocenters. The summed E-state index contributed by atoms with van der Waals surface area (Å²) in [4.78, 5) is 18.2. The first kappa shape index (κ1) is 19.9. The lowest BCUT2D eigenvalue weighted by Gasteiger charge is -2.19. The van der Waals surface area contributed by atoms with E-state index in [2.05, 4.69) is 58.1 Å². The third-order valence-electron chi connectivity index (χ3n) is 5.18. The van der Waals surface area contributed by atoms with Gasteiger partial charge in [-0.2, -0.15) is 0 Å². The van der Waals surface area contributed by atoms with Gasteiger partial charge in [-0.1, -0.05) is 60.7 Å². The van der Waals surface area contributed by atoms with Crippen LogP contribution in [0.5, 0.6) is 0 Å². The van der Waals surface area contributed by atoms with Gasteiger partial charge in [0.15, 0.2) is 5.96 Å². The number of aliphatic imine (C=N–C) groups is 1. The van der Waals surface area contributed by atoms with Crippen molar-refractivity contribution in [2.24, 2.45) is 10.4 Å². The highest BCUT2D eigenvalue weighted by atomic mass is 16.2. The lowest BCUT2D eigenvalue weighted by molar-refractivity contribution is -0.127. The number of likely N-dealkylation sites (N-methyl/N-ethyl adjacent to an activating group) is 1. The summed E-state index contributed by atoms with van der Waals surface area (Å²) in [6, 6.07) is 20.8. The maximum atomic E-state index is 12.0. The molecular weight excluding hydrogens is 348 g/mol.